The highest BCUT2D eigenvalue weighted by Gasteiger charge is 2.33. The standard InChI is InChI=1S/C23H19F3N4O3/c1-15(31)27-11-12-33-19-9-8-17(22-28-14-20(30-22)23(24,25)26)13-18(19)29-21(32)10-7-16-5-3-2-4-6-16/h2-6,8-9,13-14H,11-12H2,1H3,(H,27,31)(H,28,30)(H,29,32). The van der Waals surface area contributed by atoms with Gasteiger partial charge in [0, 0.05) is 24.0 Å². The molecule has 10 heteroatoms. The quantitative estimate of drug-likeness (QED) is 0.390. The van der Waals surface area contributed by atoms with Crippen LogP contribution >= 0.6 is 0 Å². The number of halogens is 3. The summed E-state index contributed by atoms with van der Waals surface area (Å²) in [5.74, 6) is 4.53. The zero-order chi connectivity index (χ0) is 23.8. The highest BCUT2D eigenvalue weighted by molar-refractivity contribution is 6.05. The summed E-state index contributed by atoms with van der Waals surface area (Å²) in [7, 11) is 0. The lowest BCUT2D eigenvalue weighted by molar-refractivity contribution is -0.140. The van der Waals surface area contributed by atoms with Crippen LogP contribution in [-0.4, -0.2) is 34.9 Å². The number of H-pyrrole nitrogens is 1. The Morgan fingerprint density at radius 3 is 2.58 bits per heavy atom. The molecule has 0 saturated carbocycles. The Morgan fingerprint density at radius 2 is 1.91 bits per heavy atom. The van der Waals surface area contributed by atoms with Gasteiger partial charge in [0.15, 0.2) is 0 Å². The van der Waals surface area contributed by atoms with Crippen LogP contribution in [0.2, 0.25) is 0 Å². The van der Waals surface area contributed by atoms with Crippen molar-refractivity contribution in [1.29, 1.82) is 0 Å². The molecule has 3 rings (SSSR count). The van der Waals surface area contributed by atoms with Crippen molar-refractivity contribution in [2.75, 3.05) is 18.5 Å². The van der Waals surface area contributed by atoms with Crippen LogP contribution < -0.4 is 15.4 Å². The van der Waals surface area contributed by atoms with Crippen LogP contribution in [0, 0.1) is 11.8 Å². The molecule has 0 spiro atoms. The summed E-state index contributed by atoms with van der Waals surface area (Å²) in [5, 5.41) is 5.16. The van der Waals surface area contributed by atoms with Crippen LogP contribution in [0.5, 0.6) is 5.75 Å². The summed E-state index contributed by atoms with van der Waals surface area (Å²) in [6, 6.07) is 13.3. The number of aromatic nitrogens is 2. The van der Waals surface area contributed by atoms with E-state index in [1.807, 2.05) is 6.07 Å². The fourth-order valence-electron chi connectivity index (χ4n) is 2.70. The Morgan fingerprint density at radius 1 is 1.15 bits per heavy atom. The average molecular weight is 456 g/mol. The highest BCUT2D eigenvalue weighted by Crippen LogP contribution is 2.32. The molecule has 0 saturated heterocycles. The number of alkyl halides is 3. The molecule has 0 unspecified atom stereocenters. The number of carbonyl (C=O) groups is 2. The SMILES string of the molecule is CC(=O)NCCOc1ccc(-c2ncc(C(F)(F)F)[nH]2)cc1NC(=O)C#Cc1ccccc1. The molecule has 0 aliphatic heterocycles. The fourth-order valence-corrected chi connectivity index (χ4v) is 2.70. The van der Waals surface area contributed by atoms with Gasteiger partial charge in [-0.05, 0) is 30.3 Å². The number of ether oxygens (including phenoxy) is 1. The molecule has 2 amide bonds. The van der Waals surface area contributed by atoms with Crippen LogP contribution in [0.3, 0.4) is 0 Å². The van der Waals surface area contributed by atoms with Crippen LogP contribution in [0.1, 0.15) is 18.2 Å². The molecule has 0 aliphatic rings. The first kappa shape index (κ1) is 23.4. The number of rotatable bonds is 6. The van der Waals surface area contributed by atoms with Gasteiger partial charge in [-0.1, -0.05) is 24.1 Å². The maximum absolute atomic E-state index is 12.9. The number of nitrogens with one attached hydrogen (secondary N) is 3. The van der Waals surface area contributed by atoms with Gasteiger partial charge in [-0.25, -0.2) is 4.98 Å². The largest absolute Gasteiger partial charge is 0.490 e. The van der Waals surface area contributed by atoms with E-state index in [2.05, 4.69) is 32.4 Å². The van der Waals surface area contributed by atoms with Gasteiger partial charge >= 0.3 is 12.1 Å². The van der Waals surface area contributed by atoms with Gasteiger partial charge in [0.25, 0.3) is 0 Å². The first-order valence-electron chi connectivity index (χ1n) is 9.74. The molecule has 0 radical (unpaired) electrons. The molecular weight excluding hydrogens is 437 g/mol. The van der Waals surface area contributed by atoms with Crippen molar-refractivity contribution >= 4 is 17.5 Å². The van der Waals surface area contributed by atoms with Gasteiger partial charge in [-0.15, -0.1) is 0 Å². The minimum Gasteiger partial charge on any atom is -0.490 e. The Hall–Kier alpha value is -4.26. The highest BCUT2D eigenvalue weighted by atomic mass is 19.4. The molecule has 0 atom stereocenters. The summed E-state index contributed by atoms with van der Waals surface area (Å²) in [5.41, 5.74) is 0.134. The summed E-state index contributed by atoms with van der Waals surface area (Å²) >= 11 is 0. The molecule has 3 aromatic rings. The molecule has 3 N–H and O–H groups in total. The monoisotopic (exact) mass is 456 g/mol. The second-order valence-corrected chi connectivity index (χ2v) is 6.76. The molecule has 1 aromatic heterocycles. The number of hydrogen-bond donors (Lipinski definition) is 3. The van der Waals surface area contributed by atoms with Crippen molar-refractivity contribution in [3.05, 3.63) is 66.0 Å². The minimum atomic E-state index is -4.57. The van der Waals surface area contributed by atoms with E-state index in [-0.39, 0.29) is 36.3 Å². The molecular formula is C23H19F3N4O3. The van der Waals surface area contributed by atoms with Gasteiger partial charge in [-0.2, -0.15) is 13.2 Å². The number of nitrogens with zero attached hydrogens (tertiary/aromatic N) is 1. The number of hydrogen-bond acceptors (Lipinski definition) is 4. The molecule has 33 heavy (non-hydrogen) atoms. The number of benzene rings is 2. The number of aromatic amines is 1. The van der Waals surface area contributed by atoms with Crippen molar-refractivity contribution in [2.24, 2.45) is 0 Å². The van der Waals surface area contributed by atoms with E-state index in [0.29, 0.717) is 17.3 Å². The Bertz CT molecular complexity index is 1190. The Labute approximate surface area is 187 Å². The van der Waals surface area contributed by atoms with Crippen molar-refractivity contribution < 1.29 is 27.5 Å². The lowest BCUT2D eigenvalue weighted by Gasteiger charge is -2.13. The van der Waals surface area contributed by atoms with Crippen LogP contribution in [0.15, 0.2) is 54.7 Å². The van der Waals surface area contributed by atoms with Crippen LogP contribution in [-0.2, 0) is 15.8 Å². The second kappa shape index (κ2) is 10.4. The van der Waals surface area contributed by atoms with Gasteiger partial charge in [0.1, 0.15) is 23.9 Å². The first-order chi connectivity index (χ1) is 15.7. The number of anilines is 1. The second-order valence-electron chi connectivity index (χ2n) is 6.76. The Balaban J connectivity index is 1.84. The maximum atomic E-state index is 12.9. The summed E-state index contributed by atoms with van der Waals surface area (Å²) in [6.45, 7) is 1.70. The molecule has 1 heterocycles. The lowest BCUT2D eigenvalue weighted by Crippen LogP contribution is -2.25. The molecule has 170 valence electrons. The number of imidazole rings is 1. The molecule has 7 nitrogen and oxygen atoms in total. The minimum absolute atomic E-state index is 0.0296. The third-order valence-electron chi connectivity index (χ3n) is 4.21. The van der Waals surface area contributed by atoms with E-state index < -0.39 is 17.8 Å². The molecule has 0 fully saturated rings. The third kappa shape index (κ3) is 6.87. The van der Waals surface area contributed by atoms with E-state index in [1.54, 1.807) is 24.3 Å². The third-order valence-corrected chi connectivity index (χ3v) is 4.21. The zero-order valence-electron chi connectivity index (χ0n) is 17.4. The van der Waals surface area contributed by atoms with Crippen LogP contribution in [0.25, 0.3) is 11.4 Å². The van der Waals surface area contributed by atoms with Crippen molar-refractivity contribution in [3.63, 3.8) is 0 Å². The smallest absolute Gasteiger partial charge is 0.432 e. The van der Waals surface area contributed by atoms with Crippen LogP contribution in [0.4, 0.5) is 18.9 Å². The van der Waals surface area contributed by atoms with E-state index >= 15 is 0 Å². The van der Waals surface area contributed by atoms with Crippen molar-refractivity contribution in [2.45, 2.75) is 13.1 Å². The number of amides is 2. The topological polar surface area (TPSA) is 96.1 Å². The normalized spacial score (nSPS) is 10.7. The van der Waals surface area contributed by atoms with E-state index in [0.717, 1.165) is 0 Å². The lowest BCUT2D eigenvalue weighted by atomic mass is 10.1. The van der Waals surface area contributed by atoms with Gasteiger partial charge in [0.05, 0.1) is 18.4 Å². The summed E-state index contributed by atoms with van der Waals surface area (Å²) in [4.78, 5) is 29.4. The number of carbonyl (C=O) groups excluding carboxylic acids is 2. The molecule has 0 aliphatic carbocycles. The predicted octanol–water partition coefficient (Wildman–Crippen LogP) is 3.60. The molecule has 0 bridgehead atoms. The van der Waals surface area contributed by atoms with E-state index in [1.165, 1.54) is 25.1 Å². The molecule has 2 aromatic carbocycles. The van der Waals surface area contributed by atoms with Crippen molar-refractivity contribution in [1.82, 2.24) is 15.3 Å². The van der Waals surface area contributed by atoms with Crippen molar-refractivity contribution in [3.8, 4) is 29.0 Å². The summed E-state index contributed by atoms with van der Waals surface area (Å²) in [6.07, 6.45) is -3.88. The first-order valence-corrected chi connectivity index (χ1v) is 9.74. The fraction of sp³-hybridized carbons (Fsp3) is 0.174. The van der Waals surface area contributed by atoms with Gasteiger partial charge in [0.2, 0.25) is 5.91 Å². The van der Waals surface area contributed by atoms with E-state index in [9.17, 15) is 22.8 Å². The maximum Gasteiger partial charge on any atom is 0.432 e. The predicted molar refractivity (Wildman–Crippen MR) is 115 cm³/mol. The van der Waals surface area contributed by atoms with Gasteiger partial charge in [-0.3, -0.25) is 9.59 Å². The van der Waals surface area contributed by atoms with Gasteiger partial charge < -0.3 is 20.4 Å². The Kier molecular flexibility index (Phi) is 7.35. The van der Waals surface area contributed by atoms with E-state index in [4.69, 9.17) is 4.74 Å². The summed E-state index contributed by atoms with van der Waals surface area (Å²) < 4.78 is 44.3. The zero-order valence-corrected chi connectivity index (χ0v) is 17.4. The average Bonchev–Trinajstić information content (AvgIpc) is 3.28.